The molecule has 0 N–H and O–H groups in total. The van der Waals surface area contributed by atoms with Crippen LogP contribution in [0.4, 0.5) is 0 Å². The second-order valence-corrected chi connectivity index (χ2v) is 7.22. The summed E-state index contributed by atoms with van der Waals surface area (Å²) in [6.07, 6.45) is 5.43. The number of likely N-dealkylation sites (tertiary alicyclic amines) is 1. The van der Waals surface area contributed by atoms with Crippen LogP contribution in [0.25, 0.3) is 22.1 Å². The maximum absolute atomic E-state index is 13.0. The van der Waals surface area contributed by atoms with Crippen LogP contribution in [0, 0.1) is 0 Å². The Morgan fingerprint density at radius 3 is 2.32 bits per heavy atom. The molecule has 1 aliphatic heterocycles. The van der Waals surface area contributed by atoms with Crippen molar-refractivity contribution < 1.29 is 13.9 Å². The Morgan fingerprint density at radius 2 is 1.64 bits per heavy atom. The van der Waals surface area contributed by atoms with Gasteiger partial charge >= 0.3 is 0 Å². The molecule has 2 aromatic carbocycles. The summed E-state index contributed by atoms with van der Waals surface area (Å²) in [6, 6.07) is 11.6. The summed E-state index contributed by atoms with van der Waals surface area (Å²) in [5, 5.41) is 0.479. The highest BCUT2D eigenvalue weighted by molar-refractivity contribution is 5.84. The Labute approximate surface area is 164 Å². The molecular formula is C23H25NO4. The standard InChI is InChI=1S/C23H25NO4/c1-26-21-12-18-20(13-22(21)27-2)28-15-19(23(18)25)17-8-6-16(7-9-17)14-24-10-4-3-5-11-24/h6-9,12-13,15H,3-5,10-11,14H2,1-2H3. The van der Waals surface area contributed by atoms with Crippen LogP contribution >= 0.6 is 0 Å². The van der Waals surface area contributed by atoms with Crippen molar-refractivity contribution in [3.8, 4) is 22.6 Å². The van der Waals surface area contributed by atoms with E-state index in [0.717, 1.165) is 12.1 Å². The van der Waals surface area contributed by atoms with Crippen LogP contribution in [0.1, 0.15) is 24.8 Å². The molecule has 0 unspecified atom stereocenters. The molecule has 0 spiro atoms. The summed E-state index contributed by atoms with van der Waals surface area (Å²) in [5.74, 6) is 1.05. The molecule has 0 bridgehead atoms. The summed E-state index contributed by atoms with van der Waals surface area (Å²) >= 11 is 0. The van der Waals surface area contributed by atoms with Crippen LogP contribution in [0.15, 0.2) is 51.9 Å². The Hall–Kier alpha value is -2.79. The van der Waals surface area contributed by atoms with E-state index in [-0.39, 0.29) is 5.43 Å². The Bertz CT molecular complexity index is 1020. The average Bonchev–Trinajstić information content (AvgIpc) is 2.74. The quantitative estimate of drug-likeness (QED) is 0.655. The Kier molecular flexibility index (Phi) is 5.35. The fraction of sp³-hybridized carbons (Fsp3) is 0.348. The normalized spacial score (nSPS) is 14.9. The number of piperidine rings is 1. The molecule has 0 amide bonds. The minimum absolute atomic E-state index is 0.0778. The van der Waals surface area contributed by atoms with Crippen molar-refractivity contribution in [2.24, 2.45) is 0 Å². The fourth-order valence-corrected chi connectivity index (χ4v) is 3.82. The summed E-state index contributed by atoms with van der Waals surface area (Å²) in [4.78, 5) is 15.5. The van der Waals surface area contributed by atoms with Gasteiger partial charge in [-0.3, -0.25) is 9.69 Å². The lowest BCUT2D eigenvalue weighted by Crippen LogP contribution is -2.29. The molecule has 0 radical (unpaired) electrons. The first kappa shape index (κ1) is 18.6. The third kappa shape index (κ3) is 3.62. The van der Waals surface area contributed by atoms with E-state index in [0.29, 0.717) is 28.0 Å². The second kappa shape index (κ2) is 8.07. The number of rotatable bonds is 5. The van der Waals surface area contributed by atoms with E-state index in [4.69, 9.17) is 13.9 Å². The number of hydrogen-bond acceptors (Lipinski definition) is 5. The maximum Gasteiger partial charge on any atom is 0.200 e. The lowest BCUT2D eigenvalue weighted by Gasteiger charge is -2.26. The molecule has 0 atom stereocenters. The van der Waals surface area contributed by atoms with Gasteiger partial charge in [0.05, 0.1) is 25.2 Å². The second-order valence-electron chi connectivity index (χ2n) is 7.22. The first-order valence-electron chi connectivity index (χ1n) is 9.69. The number of methoxy groups -OCH3 is 2. The van der Waals surface area contributed by atoms with Gasteiger partial charge in [-0.05, 0) is 43.1 Å². The van der Waals surface area contributed by atoms with E-state index < -0.39 is 0 Å². The van der Waals surface area contributed by atoms with Crippen LogP contribution < -0.4 is 14.9 Å². The molecule has 28 heavy (non-hydrogen) atoms. The predicted octanol–water partition coefficient (Wildman–Crippen LogP) is 4.46. The van der Waals surface area contributed by atoms with E-state index in [1.807, 2.05) is 12.1 Å². The van der Waals surface area contributed by atoms with Crippen molar-refractivity contribution in [1.29, 1.82) is 0 Å². The third-order valence-electron chi connectivity index (χ3n) is 5.40. The predicted molar refractivity (Wildman–Crippen MR) is 110 cm³/mol. The molecule has 0 aliphatic carbocycles. The van der Waals surface area contributed by atoms with Gasteiger partial charge in [0.2, 0.25) is 5.43 Å². The first-order chi connectivity index (χ1) is 13.7. The van der Waals surface area contributed by atoms with E-state index in [1.165, 1.54) is 44.2 Å². The van der Waals surface area contributed by atoms with Gasteiger partial charge < -0.3 is 13.9 Å². The lowest BCUT2D eigenvalue weighted by atomic mass is 10.0. The van der Waals surface area contributed by atoms with Gasteiger partial charge in [0.1, 0.15) is 11.8 Å². The van der Waals surface area contributed by atoms with Crippen molar-refractivity contribution in [3.63, 3.8) is 0 Å². The van der Waals surface area contributed by atoms with Crippen LogP contribution in [0.2, 0.25) is 0 Å². The molecule has 0 saturated carbocycles. The molecule has 146 valence electrons. The SMILES string of the molecule is COc1cc2occ(-c3ccc(CN4CCCCC4)cc3)c(=O)c2cc1OC. The van der Waals surface area contributed by atoms with Gasteiger partial charge in [-0.2, -0.15) is 0 Å². The molecule has 1 saturated heterocycles. The summed E-state index contributed by atoms with van der Waals surface area (Å²) < 4.78 is 16.3. The Morgan fingerprint density at radius 1 is 0.964 bits per heavy atom. The zero-order chi connectivity index (χ0) is 19.5. The highest BCUT2D eigenvalue weighted by atomic mass is 16.5. The number of hydrogen-bond donors (Lipinski definition) is 0. The van der Waals surface area contributed by atoms with E-state index in [1.54, 1.807) is 26.4 Å². The van der Waals surface area contributed by atoms with Gasteiger partial charge in [0, 0.05) is 12.6 Å². The number of benzene rings is 2. The molecule has 1 aliphatic rings. The van der Waals surface area contributed by atoms with E-state index in [2.05, 4.69) is 17.0 Å². The molecule has 5 heteroatoms. The van der Waals surface area contributed by atoms with Crippen LogP contribution in [-0.4, -0.2) is 32.2 Å². The Balaban J connectivity index is 1.64. The molecule has 5 nitrogen and oxygen atoms in total. The minimum atomic E-state index is -0.0778. The number of fused-ring (bicyclic) bond motifs is 1. The van der Waals surface area contributed by atoms with Crippen LogP contribution in [-0.2, 0) is 6.54 Å². The van der Waals surface area contributed by atoms with Gasteiger partial charge in [-0.1, -0.05) is 30.7 Å². The van der Waals surface area contributed by atoms with Crippen molar-refractivity contribution in [2.75, 3.05) is 27.3 Å². The van der Waals surface area contributed by atoms with Gasteiger partial charge in [-0.25, -0.2) is 0 Å². The fourth-order valence-electron chi connectivity index (χ4n) is 3.82. The smallest absolute Gasteiger partial charge is 0.200 e. The maximum atomic E-state index is 13.0. The van der Waals surface area contributed by atoms with E-state index >= 15 is 0 Å². The summed E-state index contributed by atoms with van der Waals surface area (Å²) in [7, 11) is 3.11. The van der Waals surface area contributed by atoms with Gasteiger partial charge in [0.25, 0.3) is 0 Å². The average molecular weight is 379 g/mol. The van der Waals surface area contributed by atoms with Crippen LogP contribution in [0.5, 0.6) is 11.5 Å². The lowest BCUT2D eigenvalue weighted by molar-refractivity contribution is 0.221. The molecular weight excluding hydrogens is 354 g/mol. The van der Waals surface area contributed by atoms with Gasteiger partial charge in [-0.15, -0.1) is 0 Å². The largest absolute Gasteiger partial charge is 0.493 e. The number of ether oxygens (including phenoxy) is 2. The zero-order valence-electron chi connectivity index (χ0n) is 16.4. The first-order valence-corrected chi connectivity index (χ1v) is 9.69. The minimum Gasteiger partial charge on any atom is -0.493 e. The molecule has 2 heterocycles. The molecule has 1 aromatic heterocycles. The van der Waals surface area contributed by atoms with Crippen molar-refractivity contribution in [2.45, 2.75) is 25.8 Å². The molecule has 3 aromatic rings. The zero-order valence-corrected chi connectivity index (χ0v) is 16.4. The highest BCUT2D eigenvalue weighted by Gasteiger charge is 2.14. The van der Waals surface area contributed by atoms with Gasteiger partial charge in [0.15, 0.2) is 11.5 Å². The topological polar surface area (TPSA) is 51.9 Å². The third-order valence-corrected chi connectivity index (χ3v) is 5.40. The van der Waals surface area contributed by atoms with Crippen molar-refractivity contribution >= 4 is 11.0 Å². The van der Waals surface area contributed by atoms with Crippen LogP contribution in [0.3, 0.4) is 0 Å². The highest BCUT2D eigenvalue weighted by Crippen LogP contribution is 2.32. The molecule has 4 rings (SSSR count). The van der Waals surface area contributed by atoms with Crippen molar-refractivity contribution in [3.05, 3.63) is 58.4 Å². The molecule has 1 fully saturated rings. The van der Waals surface area contributed by atoms with E-state index in [9.17, 15) is 4.79 Å². The monoisotopic (exact) mass is 379 g/mol. The van der Waals surface area contributed by atoms with Crippen molar-refractivity contribution in [1.82, 2.24) is 4.90 Å². The number of nitrogens with zero attached hydrogens (tertiary/aromatic N) is 1. The summed E-state index contributed by atoms with van der Waals surface area (Å²) in [5.41, 5.74) is 3.07. The summed E-state index contributed by atoms with van der Waals surface area (Å²) in [6.45, 7) is 3.30.